The molecule has 1 unspecified atom stereocenters. The maximum absolute atomic E-state index is 12.6. The molecule has 1 aromatic rings. The van der Waals surface area contributed by atoms with Gasteiger partial charge in [0.15, 0.2) is 0 Å². The van der Waals surface area contributed by atoms with Crippen molar-refractivity contribution in [3.8, 4) is 0 Å². The van der Waals surface area contributed by atoms with Crippen molar-refractivity contribution in [1.82, 2.24) is 4.90 Å². The topological polar surface area (TPSA) is 32.8 Å². The Hall–Kier alpha value is -1.55. The van der Waals surface area contributed by atoms with Crippen molar-refractivity contribution in [3.63, 3.8) is 0 Å². The van der Waals surface area contributed by atoms with Gasteiger partial charge in [0.25, 0.3) is 0 Å². The molecular formula is C18H26N2O2. The third-order valence-electron chi connectivity index (χ3n) is 4.66. The molecule has 0 N–H and O–H groups in total. The first-order valence-corrected chi connectivity index (χ1v) is 8.43. The quantitative estimate of drug-likeness (QED) is 0.851. The van der Waals surface area contributed by atoms with Gasteiger partial charge in [-0.15, -0.1) is 0 Å². The Kier molecular flexibility index (Phi) is 4.67. The van der Waals surface area contributed by atoms with Crippen LogP contribution in [0.3, 0.4) is 0 Å². The van der Waals surface area contributed by atoms with E-state index < -0.39 is 0 Å². The zero-order chi connectivity index (χ0) is 15.5. The van der Waals surface area contributed by atoms with Crippen molar-refractivity contribution in [1.29, 1.82) is 0 Å². The number of ether oxygens (including phenoxy) is 1. The summed E-state index contributed by atoms with van der Waals surface area (Å²) in [5.74, 6) is 0.517. The van der Waals surface area contributed by atoms with E-state index >= 15 is 0 Å². The number of rotatable bonds is 4. The highest BCUT2D eigenvalue weighted by atomic mass is 16.5. The lowest BCUT2D eigenvalue weighted by molar-refractivity contribution is 0.00338. The van der Waals surface area contributed by atoms with Crippen LogP contribution >= 0.6 is 0 Å². The summed E-state index contributed by atoms with van der Waals surface area (Å²) in [5, 5.41) is 0. The van der Waals surface area contributed by atoms with Crippen LogP contribution in [0.1, 0.15) is 44.6 Å². The highest BCUT2D eigenvalue weighted by Crippen LogP contribution is 2.24. The minimum absolute atomic E-state index is 0.117. The van der Waals surface area contributed by atoms with Crippen LogP contribution in [0.5, 0.6) is 0 Å². The largest absolute Gasteiger partial charge is 0.376 e. The van der Waals surface area contributed by atoms with Crippen molar-refractivity contribution in [3.05, 3.63) is 29.8 Å². The Labute approximate surface area is 133 Å². The highest BCUT2D eigenvalue weighted by molar-refractivity contribution is 5.94. The van der Waals surface area contributed by atoms with Crippen LogP contribution in [0.2, 0.25) is 0 Å². The Morgan fingerprint density at radius 1 is 1.18 bits per heavy atom. The maximum atomic E-state index is 12.6. The predicted molar refractivity (Wildman–Crippen MR) is 88.4 cm³/mol. The number of carbonyl (C=O) groups is 1. The summed E-state index contributed by atoms with van der Waals surface area (Å²) < 4.78 is 5.76. The zero-order valence-electron chi connectivity index (χ0n) is 13.6. The first kappa shape index (κ1) is 15.3. The number of nitrogens with zero attached hydrogens (tertiary/aromatic N) is 2. The summed E-state index contributed by atoms with van der Waals surface area (Å²) in [7, 11) is 0. The normalized spacial score (nSPS) is 22.7. The van der Waals surface area contributed by atoms with Gasteiger partial charge in [0.05, 0.1) is 6.10 Å². The van der Waals surface area contributed by atoms with Crippen LogP contribution in [-0.4, -0.2) is 43.3 Å². The summed E-state index contributed by atoms with van der Waals surface area (Å²) in [6.45, 7) is 7.51. The van der Waals surface area contributed by atoms with Crippen molar-refractivity contribution in [2.45, 2.75) is 45.1 Å². The first-order chi connectivity index (χ1) is 10.6. The summed E-state index contributed by atoms with van der Waals surface area (Å²) in [6.07, 6.45) is 3.67. The molecule has 0 aromatic heterocycles. The Morgan fingerprint density at radius 3 is 2.59 bits per heavy atom. The van der Waals surface area contributed by atoms with Gasteiger partial charge in [0.1, 0.15) is 0 Å². The lowest BCUT2D eigenvalue weighted by Gasteiger charge is -2.27. The van der Waals surface area contributed by atoms with Crippen LogP contribution < -0.4 is 4.90 Å². The molecule has 4 nitrogen and oxygen atoms in total. The molecule has 2 heterocycles. The van der Waals surface area contributed by atoms with E-state index in [1.54, 1.807) is 0 Å². The van der Waals surface area contributed by atoms with Gasteiger partial charge in [-0.25, -0.2) is 4.79 Å². The molecule has 0 aliphatic carbocycles. The molecule has 2 amide bonds. The highest BCUT2D eigenvalue weighted by Gasteiger charge is 2.31. The molecule has 3 rings (SSSR count). The monoisotopic (exact) mass is 302 g/mol. The van der Waals surface area contributed by atoms with Gasteiger partial charge in [-0.1, -0.05) is 26.0 Å². The van der Waals surface area contributed by atoms with Gasteiger partial charge in [-0.2, -0.15) is 0 Å². The summed E-state index contributed by atoms with van der Waals surface area (Å²) in [6, 6.07) is 8.49. The molecule has 0 bridgehead atoms. The zero-order valence-corrected chi connectivity index (χ0v) is 13.6. The average Bonchev–Trinajstić information content (AvgIpc) is 2.89. The van der Waals surface area contributed by atoms with Crippen LogP contribution in [0.4, 0.5) is 10.5 Å². The van der Waals surface area contributed by atoms with Crippen molar-refractivity contribution < 1.29 is 9.53 Å². The van der Waals surface area contributed by atoms with Gasteiger partial charge in [0.2, 0.25) is 0 Å². The molecule has 1 aromatic carbocycles. The fourth-order valence-corrected chi connectivity index (χ4v) is 3.23. The lowest BCUT2D eigenvalue weighted by Crippen LogP contribution is -2.39. The van der Waals surface area contributed by atoms with E-state index in [2.05, 4.69) is 38.1 Å². The van der Waals surface area contributed by atoms with E-state index in [0.29, 0.717) is 5.92 Å². The third-order valence-corrected chi connectivity index (χ3v) is 4.66. The molecule has 0 radical (unpaired) electrons. The van der Waals surface area contributed by atoms with Crippen LogP contribution in [0, 0.1) is 0 Å². The number of hydrogen-bond donors (Lipinski definition) is 0. The van der Waals surface area contributed by atoms with Crippen molar-refractivity contribution >= 4 is 11.7 Å². The second-order valence-corrected chi connectivity index (χ2v) is 6.62. The molecule has 4 heteroatoms. The molecule has 2 saturated heterocycles. The summed E-state index contributed by atoms with van der Waals surface area (Å²) in [4.78, 5) is 16.4. The number of benzene rings is 1. The first-order valence-electron chi connectivity index (χ1n) is 8.43. The van der Waals surface area contributed by atoms with Crippen LogP contribution in [0.15, 0.2) is 24.3 Å². The fraction of sp³-hybridized carbons (Fsp3) is 0.611. The molecule has 2 aliphatic rings. The molecular weight excluding hydrogens is 276 g/mol. The van der Waals surface area contributed by atoms with E-state index in [9.17, 15) is 4.79 Å². The van der Waals surface area contributed by atoms with E-state index in [1.165, 1.54) is 12.0 Å². The van der Waals surface area contributed by atoms with Gasteiger partial charge < -0.3 is 9.64 Å². The van der Waals surface area contributed by atoms with Crippen LogP contribution in [0.25, 0.3) is 0 Å². The lowest BCUT2D eigenvalue weighted by atomic mass is 10.0. The number of carbonyl (C=O) groups excluding carboxylic acids is 1. The average molecular weight is 302 g/mol. The molecule has 22 heavy (non-hydrogen) atoms. The molecule has 120 valence electrons. The van der Waals surface area contributed by atoms with E-state index in [-0.39, 0.29) is 12.1 Å². The van der Waals surface area contributed by atoms with E-state index in [4.69, 9.17) is 4.74 Å². The molecule has 0 spiro atoms. The van der Waals surface area contributed by atoms with E-state index in [0.717, 1.165) is 44.8 Å². The predicted octanol–water partition coefficient (Wildman–Crippen LogP) is 3.62. The SMILES string of the molecule is CC(C)c1ccc(N2CCN(CC3CCCCO3)C2=O)cc1. The third kappa shape index (κ3) is 3.27. The van der Waals surface area contributed by atoms with Crippen molar-refractivity contribution in [2.24, 2.45) is 0 Å². The summed E-state index contributed by atoms with van der Waals surface area (Å²) in [5.41, 5.74) is 2.31. The smallest absolute Gasteiger partial charge is 0.324 e. The number of hydrogen-bond acceptors (Lipinski definition) is 2. The minimum atomic E-state index is 0.117. The molecule has 2 aliphatic heterocycles. The minimum Gasteiger partial charge on any atom is -0.376 e. The number of anilines is 1. The Balaban J connectivity index is 1.62. The van der Waals surface area contributed by atoms with Crippen LogP contribution in [-0.2, 0) is 4.74 Å². The summed E-state index contributed by atoms with van der Waals surface area (Å²) >= 11 is 0. The fourth-order valence-electron chi connectivity index (χ4n) is 3.23. The standard InChI is InChI=1S/C18H26N2O2/c1-14(2)15-6-8-16(9-7-15)20-11-10-19(18(20)21)13-17-5-3-4-12-22-17/h6-9,14,17H,3-5,10-13H2,1-2H3. The maximum Gasteiger partial charge on any atom is 0.324 e. The van der Waals surface area contributed by atoms with Gasteiger partial charge in [-0.05, 0) is 42.9 Å². The molecule has 2 fully saturated rings. The Morgan fingerprint density at radius 2 is 1.95 bits per heavy atom. The van der Waals surface area contributed by atoms with Crippen molar-refractivity contribution in [2.75, 3.05) is 31.1 Å². The molecule has 1 atom stereocenters. The van der Waals surface area contributed by atoms with Gasteiger partial charge in [-0.3, -0.25) is 4.90 Å². The number of urea groups is 1. The Bertz CT molecular complexity index is 506. The number of amides is 2. The van der Waals surface area contributed by atoms with E-state index in [1.807, 2.05) is 9.80 Å². The van der Waals surface area contributed by atoms with Gasteiger partial charge in [0, 0.05) is 31.9 Å². The van der Waals surface area contributed by atoms with Gasteiger partial charge >= 0.3 is 6.03 Å². The molecule has 0 saturated carbocycles. The second kappa shape index (κ2) is 6.69. The second-order valence-electron chi connectivity index (χ2n) is 6.62.